The number of aliphatic hydroxyl groups excluding tert-OH is 1. The van der Waals surface area contributed by atoms with Gasteiger partial charge in [-0.15, -0.1) is 0 Å². The van der Waals surface area contributed by atoms with Crippen LogP contribution in [0.1, 0.15) is 96.8 Å². The molecular formula is C23H45NO5. The van der Waals surface area contributed by atoms with Crippen LogP contribution in [-0.4, -0.2) is 61.4 Å². The van der Waals surface area contributed by atoms with Gasteiger partial charge in [-0.05, 0) is 6.42 Å². The van der Waals surface area contributed by atoms with E-state index in [0.717, 1.165) is 12.8 Å². The number of unbranched alkanes of at least 4 members (excludes halogenated alkanes) is 10. The van der Waals surface area contributed by atoms with Crippen LogP contribution >= 0.6 is 0 Å². The number of likely N-dealkylation sites (N-methyl/N-ethyl adjacent to an activating group) is 1. The number of esters is 1. The Morgan fingerprint density at radius 3 is 1.79 bits per heavy atom. The van der Waals surface area contributed by atoms with Crippen molar-refractivity contribution in [2.45, 2.75) is 109 Å². The van der Waals surface area contributed by atoms with Crippen molar-refractivity contribution in [3.63, 3.8) is 0 Å². The summed E-state index contributed by atoms with van der Waals surface area (Å²) in [6.45, 7) is 2.62. The Kier molecular flexibility index (Phi) is 16.0. The SMILES string of the molecule is CCCCCCCCCCCCC[C@@H](O)CC(=O)O[C@H](CC(=O)[O-])C[N+](C)(C)C. The maximum atomic E-state index is 12.0. The molecule has 0 aromatic carbocycles. The summed E-state index contributed by atoms with van der Waals surface area (Å²) in [5, 5.41) is 20.9. The van der Waals surface area contributed by atoms with Crippen molar-refractivity contribution in [2.24, 2.45) is 0 Å². The Morgan fingerprint density at radius 2 is 1.34 bits per heavy atom. The van der Waals surface area contributed by atoms with Gasteiger partial charge in [-0.1, -0.05) is 77.6 Å². The molecule has 1 N–H and O–H groups in total. The predicted octanol–water partition coefficient (Wildman–Crippen LogP) is 3.20. The molecule has 0 saturated heterocycles. The van der Waals surface area contributed by atoms with Gasteiger partial charge in [0, 0.05) is 12.4 Å². The number of rotatable bonds is 19. The molecule has 6 heteroatoms. The van der Waals surface area contributed by atoms with Crippen LogP contribution in [-0.2, 0) is 14.3 Å². The first-order valence-electron chi connectivity index (χ1n) is 11.5. The van der Waals surface area contributed by atoms with Gasteiger partial charge >= 0.3 is 5.97 Å². The number of nitrogens with zero attached hydrogens (tertiary/aromatic N) is 1. The molecule has 6 nitrogen and oxygen atoms in total. The van der Waals surface area contributed by atoms with Crippen molar-refractivity contribution >= 4 is 11.9 Å². The largest absolute Gasteiger partial charge is 0.550 e. The predicted molar refractivity (Wildman–Crippen MR) is 114 cm³/mol. The number of carbonyl (C=O) groups excluding carboxylic acids is 2. The van der Waals surface area contributed by atoms with Crippen LogP contribution in [0.5, 0.6) is 0 Å². The maximum Gasteiger partial charge on any atom is 0.308 e. The molecule has 0 radical (unpaired) electrons. The lowest BCUT2D eigenvalue weighted by Gasteiger charge is -2.29. The van der Waals surface area contributed by atoms with E-state index in [4.69, 9.17) is 4.74 Å². The van der Waals surface area contributed by atoms with Crippen LogP contribution in [0.4, 0.5) is 0 Å². The lowest BCUT2D eigenvalue weighted by Crippen LogP contribution is -2.45. The van der Waals surface area contributed by atoms with Gasteiger partial charge in [0.25, 0.3) is 0 Å². The fourth-order valence-corrected chi connectivity index (χ4v) is 3.51. The van der Waals surface area contributed by atoms with Gasteiger partial charge in [0.2, 0.25) is 0 Å². The normalized spacial score (nSPS) is 13.8. The van der Waals surface area contributed by atoms with E-state index in [9.17, 15) is 19.8 Å². The number of ether oxygens (including phenoxy) is 1. The summed E-state index contributed by atoms with van der Waals surface area (Å²) < 4.78 is 5.76. The molecule has 0 aliphatic heterocycles. The molecule has 0 aromatic heterocycles. The fraction of sp³-hybridized carbons (Fsp3) is 0.913. The zero-order valence-electron chi connectivity index (χ0n) is 19.3. The topological polar surface area (TPSA) is 86.7 Å². The molecule has 0 saturated carbocycles. The van der Waals surface area contributed by atoms with E-state index in [1.807, 2.05) is 21.1 Å². The standard InChI is InChI=1S/C23H45NO5/c1-5-6-7-8-9-10-11-12-13-14-15-16-20(25)17-23(28)29-21(18-22(26)27)19-24(2,3)4/h20-21,25H,5-19H2,1-4H3/t20-,21-/m1/s1. The van der Waals surface area contributed by atoms with Crippen molar-refractivity contribution in [3.8, 4) is 0 Å². The van der Waals surface area contributed by atoms with Gasteiger partial charge < -0.3 is 24.2 Å². The molecule has 172 valence electrons. The lowest BCUT2D eigenvalue weighted by atomic mass is 10.0. The summed E-state index contributed by atoms with van der Waals surface area (Å²) in [6, 6.07) is 0. The van der Waals surface area contributed by atoms with Crippen molar-refractivity contribution in [3.05, 3.63) is 0 Å². The summed E-state index contributed by atoms with van der Waals surface area (Å²) in [5.74, 6) is -1.78. The average Bonchev–Trinajstić information content (AvgIpc) is 2.57. The van der Waals surface area contributed by atoms with E-state index in [2.05, 4.69) is 6.92 Å². The van der Waals surface area contributed by atoms with Crippen molar-refractivity contribution in [1.29, 1.82) is 0 Å². The Morgan fingerprint density at radius 1 is 0.862 bits per heavy atom. The fourth-order valence-electron chi connectivity index (χ4n) is 3.51. The number of hydrogen-bond acceptors (Lipinski definition) is 5. The quantitative estimate of drug-likeness (QED) is 0.199. The monoisotopic (exact) mass is 415 g/mol. The Hall–Kier alpha value is -1.14. The number of aliphatic carboxylic acids is 1. The van der Waals surface area contributed by atoms with E-state index in [1.54, 1.807) is 0 Å². The molecule has 0 aliphatic carbocycles. The first kappa shape index (κ1) is 27.9. The van der Waals surface area contributed by atoms with Crippen LogP contribution in [0, 0.1) is 0 Å². The summed E-state index contributed by atoms with van der Waals surface area (Å²) in [6.07, 6.45) is 12.4. The molecule has 0 fully saturated rings. The van der Waals surface area contributed by atoms with E-state index in [1.165, 1.54) is 57.8 Å². The first-order valence-corrected chi connectivity index (χ1v) is 11.5. The number of quaternary nitrogens is 1. The summed E-state index contributed by atoms with van der Waals surface area (Å²) >= 11 is 0. The Labute approximate surface area is 178 Å². The second kappa shape index (κ2) is 16.6. The third-order valence-corrected chi connectivity index (χ3v) is 4.99. The van der Waals surface area contributed by atoms with Crippen molar-refractivity contribution < 1.29 is 29.0 Å². The second-order valence-electron chi connectivity index (χ2n) is 9.34. The number of carboxylic acid groups (broad SMARTS) is 1. The highest BCUT2D eigenvalue weighted by Gasteiger charge is 2.23. The zero-order chi connectivity index (χ0) is 22.1. The molecule has 0 bridgehead atoms. The minimum absolute atomic E-state index is 0.0849. The molecule has 0 amide bonds. The Balaban J connectivity index is 3.82. The van der Waals surface area contributed by atoms with Crippen molar-refractivity contribution in [2.75, 3.05) is 27.7 Å². The van der Waals surface area contributed by atoms with Crippen LogP contribution in [0.3, 0.4) is 0 Å². The summed E-state index contributed by atoms with van der Waals surface area (Å²) in [5.41, 5.74) is 0. The molecule has 29 heavy (non-hydrogen) atoms. The van der Waals surface area contributed by atoms with Gasteiger partial charge in [0.15, 0.2) is 6.10 Å². The second-order valence-corrected chi connectivity index (χ2v) is 9.34. The van der Waals surface area contributed by atoms with Crippen LogP contribution < -0.4 is 5.11 Å². The van der Waals surface area contributed by atoms with E-state index < -0.39 is 24.1 Å². The third kappa shape index (κ3) is 19.9. The van der Waals surface area contributed by atoms with Crippen LogP contribution in [0.25, 0.3) is 0 Å². The number of carboxylic acids is 1. The van der Waals surface area contributed by atoms with Gasteiger partial charge in [-0.25, -0.2) is 0 Å². The first-order chi connectivity index (χ1) is 13.6. The lowest BCUT2D eigenvalue weighted by molar-refractivity contribution is -0.873. The highest BCUT2D eigenvalue weighted by molar-refractivity contribution is 5.71. The van der Waals surface area contributed by atoms with E-state index in [0.29, 0.717) is 17.4 Å². The molecule has 0 aromatic rings. The minimum atomic E-state index is -1.24. The average molecular weight is 416 g/mol. The smallest absolute Gasteiger partial charge is 0.308 e. The number of carbonyl (C=O) groups is 2. The molecular weight excluding hydrogens is 370 g/mol. The molecule has 0 aliphatic rings. The molecule has 0 heterocycles. The summed E-state index contributed by atoms with van der Waals surface area (Å²) in [4.78, 5) is 22.9. The molecule has 0 unspecified atom stereocenters. The molecule has 0 rings (SSSR count). The number of hydrogen-bond donors (Lipinski definition) is 1. The minimum Gasteiger partial charge on any atom is -0.550 e. The van der Waals surface area contributed by atoms with Crippen LogP contribution in [0.15, 0.2) is 0 Å². The highest BCUT2D eigenvalue weighted by Crippen LogP contribution is 2.14. The maximum absolute atomic E-state index is 12.0. The van der Waals surface area contributed by atoms with Gasteiger partial charge in [-0.2, -0.15) is 0 Å². The summed E-state index contributed by atoms with van der Waals surface area (Å²) in [7, 11) is 5.70. The Bertz CT molecular complexity index is 433. The van der Waals surface area contributed by atoms with E-state index in [-0.39, 0.29) is 12.8 Å². The zero-order valence-corrected chi connectivity index (χ0v) is 19.3. The third-order valence-electron chi connectivity index (χ3n) is 4.99. The van der Waals surface area contributed by atoms with Gasteiger partial charge in [0.05, 0.1) is 33.7 Å². The highest BCUT2D eigenvalue weighted by atomic mass is 16.5. The number of aliphatic hydroxyl groups is 1. The van der Waals surface area contributed by atoms with E-state index >= 15 is 0 Å². The molecule has 0 spiro atoms. The van der Waals surface area contributed by atoms with Crippen LogP contribution in [0.2, 0.25) is 0 Å². The van der Waals surface area contributed by atoms with Gasteiger partial charge in [0.1, 0.15) is 6.54 Å². The van der Waals surface area contributed by atoms with Crippen molar-refractivity contribution in [1.82, 2.24) is 0 Å². The molecule has 2 atom stereocenters. The van der Waals surface area contributed by atoms with Gasteiger partial charge in [-0.3, -0.25) is 4.79 Å².